The first-order chi connectivity index (χ1) is 7.73. The first kappa shape index (κ1) is 13.7. The predicted molar refractivity (Wildman–Crippen MR) is 68.5 cm³/mol. The summed E-state index contributed by atoms with van der Waals surface area (Å²) in [5, 5.41) is 0. The van der Waals surface area contributed by atoms with E-state index in [0.717, 1.165) is 5.69 Å². The molecule has 1 amide bonds. The third-order valence-corrected chi connectivity index (χ3v) is 2.48. The number of anilines is 1. The average Bonchev–Trinajstić information content (AvgIpc) is 2.19. The van der Waals surface area contributed by atoms with Crippen LogP contribution in [0, 0.1) is 11.2 Å². The van der Waals surface area contributed by atoms with E-state index in [9.17, 15) is 9.18 Å². The Hall–Kier alpha value is -1.38. The van der Waals surface area contributed by atoms with Crippen molar-refractivity contribution < 1.29 is 9.18 Å². The van der Waals surface area contributed by atoms with E-state index in [0.29, 0.717) is 0 Å². The van der Waals surface area contributed by atoms with Crippen LogP contribution in [0.2, 0.25) is 0 Å². The van der Waals surface area contributed by atoms with Gasteiger partial charge in [-0.3, -0.25) is 4.79 Å². The molecule has 0 unspecified atom stereocenters. The van der Waals surface area contributed by atoms with E-state index in [1.807, 2.05) is 34.6 Å². The number of halogens is 1. The van der Waals surface area contributed by atoms with Crippen molar-refractivity contribution in [2.24, 2.45) is 5.41 Å². The maximum Gasteiger partial charge on any atom is 0.232 e. The van der Waals surface area contributed by atoms with Crippen LogP contribution in [-0.2, 0) is 4.79 Å². The third kappa shape index (κ3) is 3.29. The Bertz CT molecular complexity index is 390. The summed E-state index contributed by atoms with van der Waals surface area (Å²) in [6.07, 6.45) is 0. The van der Waals surface area contributed by atoms with Crippen molar-refractivity contribution in [2.45, 2.75) is 40.7 Å². The lowest BCUT2D eigenvalue weighted by atomic mass is 9.93. The number of carbonyl (C=O) groups excluding carboxylic acids is 1. The molecule has 0 N–H and O–H groups in total. The number of benzene rings is 1. The van der Waals surface area contributed by atoms with Crippen molar-refractivity contribution in [3.63, 3.8) is 0 Å². The van der Waals surface area contributed by atoms with E-state index in [4.69, 9.17) is 0 Å². The van der Waals surface area contributed by atoms with Gasteiger partial charge in [0, 0.05) is 17.1 Å². The molecule has 0 aliphatic rings. The molecule has 0 aromatic heterocycles. The molecule has 0 spiro atoms. The molecule has 0 atom stereocenters. The second-order valence-corrected chi connectivity index (χ2v) is 5.50. The van der Waals surface area contributed by atoms with Gasteiger partial charge in [-0.2, -0.15) is 0 Å². The fourth-order valence-electron chi connectivity index (χ4n) is 1.61. The Labute approximate surface area is 102 Å². The fraction of sp³-hybridized carbons (Fsp3) is 0.500. The normalized spacial score (nSPS) is 11.7. The molecule has 0 fully saturated rings. The highest BCUT2D eigenvalue weighted by Gasteiger charge is 2.29. The van der Waals surface area contributed by atoms with Crippen molar-refractivity contribution in [1.29, 1.82) is 0 Å². The lowest BCUT2D eigenvalue weighted by molar-refractivity contribution is -0.126. The van der Waals surface area contributed by atoms with Crippen LogP contribution < -0.4 is 4.90 Å². The Morgan fingerprint density at radius 1 is 1.18 bits per heavy atom. The van der Waals surface area contributed by atoms with E-state index in [2.05, 4.69) is 0 Å². The summed E-state index contributed by atoms with van der Waals surface area (Å²) in [4.78, 5) is 14.0. The Morgan fingerprint density at radius 2 is 1.65 bits per heavy atom. The molecule has 0 radical (unpaired) electrons. The van der Waals surface area contributed by atoms with Gasteiger partial charge in [-0.05, 0) is 38.1 Å². The largest absolute Gasteiger partial charge is 0.309 e. The van der Waals surface area contributed by atoms with Crippen LogP contribution in [0.4, 0.5) is 10.1 Å². The first-order valence-electron chi connectivity index (χ1n) is 5.82. The molecule has 94 valence electrons. The summed E-state index contributed by atoms with van der Waals surface area (Å²) in [5.74, 6) is -0.250. The minimum atomic E-state index is -0.446. The zero-order valence-corrected chi connectivity index (χ0v) is 11.1. The molecule has 1 aromatic carbocycles. The Balaban J connectivity index is 3.10. The van der Waals surface area contributed by atoms with E-state index in [-0.39, 0.29) is 17.8 Å². The highest BCUT2D eigenvalue weighted by molar-refractivity contribution is 5.97. The molecular weight excluding hydrogens is 217 g/mol. The summed E-state index contributed by atoms with van der Waals surface area (Å²) in [6.45, 7) is 9.55. The second kappa shape index (κ2) is 4.86. The van der Waals surface area contributed by atoms with Gasteiger partial charge in [0.15, 0.2) is 0 Å². The second-order valence-electron chi connectivity index (χ2n) is 5.50. The van der Waals surface area contributed by atoms with Crippen LogP contribution in [0.1, 0.15) is 34.6 Å². The molecule has 1 aromatic rings. The Morgan fingerprint density at radius 3 is 2.00 bits per heavy atom. The number of rotatable bonds is 2. The van der Waals surface area contributed by atoms with Crippen molar-refractivity contribution >= 4 is 11.6 Å². The van der Waals surface area contributed by atoms with Gasteiger partial charge in [0.1, 0.15) is 5.82 Å². The minimum Gasteiger partial charge on any atom is -0.309 e. The standard InChI is InChI=1S/C14H20FNO/c1-10(2)16(13(17)14(3,4)5)12-8-6-11(15)7-9-12/h6-10H,1-5H3. The van der Waals surface area contributed by atoms with Gasteiger partial charge < -0.3 is 4.90 Å². The van der Waals surface area contributed by atoms with Crippen LogP contribution in [0.15, 0.2) is 24.3 Å². The molecule has 0 heterocycles. The summed E-state index contributed by atoms with van der Waals surface area (Å²) in [5.41, 5.74) is 0.292. The van der Waals surface area contributed by atoms with Crippen LogP contribution in [0.3, 0.4) is 0 Å². The summed E-state index contributed by atoms with van der Waals surface area (Å²) < 4.78 is 12.9. The van der Waals surface area contributed by atoms with E-state index in [1.54, 1.807) is 17.0 Å². The number of nitrogens with zero attached hydrogens (tertiary/aromatic N) is 1. The topological polar surface area (TPSA) is 20.3 Å². The fourth-order valence-corrected chi connectivity index (χ4v) is 1.61. The SMILES string of the molecule is CC(C)N(C(=O)C(C)(C)C)c1ccc(F)cc1. The molecule has 1 rings (SSSR count). The van der Waals surface area contributed by atoms with Gasteiger partial charge in [-0.1, -0.05) is 20.8 Å². The van der Waals surface area contributed by atoms with Gasteiger partial charge in [-0.25, -0.2) is 4.39 Å². The molecule has 17 heavy (non-hydrogen) atoms. The monoisotopic (exact) mass is 237 g/mol. The molecule has 0 bridgehead atoms. The number of hydrogen-bond donors (Lipinski definition) is 0. The quantitative estimate of drug-likeness (QED) is 0.769. The first-order valence-corrected chi connectivity index (χ1v) is 5.82. The Kier molecular flexibility index (Phi) is 3.91. The smallest absolute Gasteiger partial charge is 0.232 e. The van der Waals surface area contributed by atoms with Crippen LogP contribution in [-0.4, -0.2) is 11.9 Å². The maximum atomic E-state index is 12.9. The number of carbonyl (C=O) groups is 1. The molecule has 0 saturated carbocycles. The lowest BCUT2D eigenvalue weighted by Gasteiger charge is -2.32. The molecule has 0 aliphatic carbocycles. The summed E-state index contributed by atoms with van der Waals surface area (Å²) in [6, 6.07) is 6.08. The highest BCUT2D eigenvalue weighted by Crippen LogP contribution is 2.25. The molecule has 2 nitrogen and oxygen atoms in total. The van der Waals surface area contributed by atoms with Crippen molar-refractivity contribution in [1.82, 2.24) is 0 Å². The van der Waals surface area contributed by atoms with Crippen LogP contribution in [0.25, 0.3) is 0 Å². The van der Waals surface area contributed by atoms with Crippen molar-refractivity contribution in [3.8, 4) is 0 Å². The van der Waals surface area contributed by atoms with Gasteiger partial charge >= 0.3 is 0 Å². The molecule has 3 heteroatoms. The van der Waals surface area contributed by atoms with E-state index >= 15 is 0 Å². The van der Waals surface area contributed by atoms with Gasteiger partial charge in [0.05, 0.1) is 0 Å². The molecule has 0 saturated heterocycles. The van der Waals surface area contributed by atoms with Crippen LogP contribution >= 0.6 is 0 Å². The lowest BCUT2D eigenvalue weighted by Crippen LogP contribution is -2.43. The number of amides is 1. The van der Waals surface area contributed by atoms with Gasteiger partial charge in [0.25, 0.3) is 0 Å². The third-order valence-electron chi connectivity index (χ3n) is 2.48. The highest BCUT2D eigenvalue weighted by atomic mass is 19.1. The van der Waals surface area contributed by atoms with Crippen LogP contribution in [0.5, 0.6) is 0 Å². The van der Waals surface area contributed by atoms with Gasteiger partial charge in [0.2, 0.25) is 5.91 Å². The van der Waals surface area contributed by atoms with Crippen molar-refractivity contribution in [2.75, 3.05) is 4.90 Å². The molecular formula is C14H20FNO. The molecule has 0 aliphatic heterocycles. The summed E-state index contributed by atoms with van der Waals surface area (Å²) >= 11 is 0. The number of hydrogen-bond acceptors (Lipinski definition) is 1. The van der Waals surface area contributed by atoms with Gasteiger partial charge in [-0.15, -0.1) is 0 Å². The average molecular weight is 237 g/mol. The predicted octanol–water partition coefficient (Wildman–Crippen LogP) is 3.61. The van der Waals surface area contributed by atoms with Crippen molar-refractivity contribution in [3.05, 3.63) is 30.1 Å². The zero-order valence-electron chi connectivity index (χ0n) is 11.1. The summed E-state index contributed by atoms with van der Waals surface area (Å²) in [7, 11) is 0. The zero-order chi connectivity index (χ0) is 13.2. The van der Waals surface area contributed by atoms with E-state index < -0.39 is 5.41 Å². The van der Waals surface area contributed by atoms with E-state index in [1.165, 1.54) is 12.1 Å². The maximum absolute atomic E-state index is 12.9. The minimum absolute atomic E-state index is 0.0408.